The smallest absolute Gasteiger partial charge is 0.244 e. The van der Waals surface area contributed by atoms with Gasteiger partial charge in [0.1, 0.15) is 13.2 Å². The van der Waals surface area contributed by atoms with E-state index in [-0.39, 0.29) is 0 Å². The predicted octanol–water partition coefficient (Wildman–Crippen LogP) is 1.35. The summed E-state index contributed by atoms with van der Waals surface area (Å²) >= 11 is 0. The van der Waals surface area contributed by atoms with Gasteiger partial charge in [0.05, 0.1) is 11.7 Å². The summed E-state index contributed by atoms with van der Waals surface area (Å²) in [7, 11) is -3.58. The topological polar surface area (TPSA) is 81.7 Å². The third kappa shape index (κ3) is 2.77. The molecular formula is C15H19NO5S. The highest BCUT2D eigenvalue weighted by Crippen LogP contribution is 2.44. The Bertz CT molecular complexity index is 692. The Morgan fingerprint density at radius 3 is 2.41 bits per heavy atom. The number of nitrogens with one attached hydrogen (secondary N) is 1. The molecule has 22 heavy (non-hydrogen) atoms. The molecule has 7 heteroatoms. The van der Waals surface area contributed by atoms with Crippen molar-refractivity contribution in [3.63, 3.8) is 0 Å². The lowest BCUT2D eigenvalue weighted by Crippen LogP contribution is -2.44. The van der Waals surface area contributed by atoms with Gasteiger partial charge in [-0.05, 0) is 30.5 Å². The van der Waals surface area contributed by atoms with Crippen LogP contribution >= 0.6 is 0 Å². The predicted molar refractivity (Wildman–Crippen MR) is 80.6 cm³/mol. The molecule has 1 fully saturated rings. The standard InChI is InChI=1S/C15H19NO5S/c1-22(18,19)16-14(17)15(6-2-3-7-15)11-4-5-12-13(10-11)21-9-8-20-12/h4-5,10H,2-3,6-9H2,1H3,(H,16,17). The van der Waals surface area contributed by atoms with E-state index in [0.29, 0.717) is 37.6 Å². The van der Waals surface area contributed by atoms with Crippen LogP contribution in [0.1, 0.15) is 31.2 Å². The van der Waals surface area contributed by atoms with Crippen molar-refractivity contribution in [1.82, 2.24) is 4.72 Å². The molecule has 1 aliphatic carbocycles. The van der Waals surface area contributed by atoms with Gasteiger partial charge in [0.2, 0.25) is 15.9 Å². The maximum absolute atomic E-state index is 12.6. The summed E-state index contributed by atoms with van der Waals surface area (Å²) in [6.45, 7) is 0.977. The van der Waals surface area contributed by atoms with Crippen molar-refractivity contribution in [3.8, 4) is 11.5 Å². The average molecular weight is 325 g/mol. The van der Waals surface area contributed by atoms with Crippen molar-refractivity contribution in [2.45, 2.75) is 31.1 Å². The summed E-state index contributed by atoms with van der Waals surface area (Å²) in [5, 5.41) is 0. The van der Waals surface area contributed by atoms with Crippen molar-refractivity contribution < 1.29 is 22.7 Å². The maximum Gasteiger partial charge on any atom is 0.244 e. The van der Waals surface area contributed by atoms with Gasteiger partial charge in [-0.3, -0.25) is 9.52 Å². The lowest BCUT2D eigenvalue weighted by atomic mass is 9.78. The van der Waals surface area contributed by atoms with Crippen molar-refractivity contribution >= 4 is 15.9 Å². The molecule has 0 unspecified atom stereocenters. The van der Waals surface area contributed by atoms with Crippen molar-refractivity contribution in [2.24, 2.45) is 0 Å². The Morgan fingerprint density at radius 1 is 1.14 bits per heavy atom. The Balaban J connectivity index is 1.99. The Labute approximate surface area is 129 Å². The van der Waals surface area contributed by atoms with Crippen LogP contribution in [-0.4, -0.2) is 33.8 Å². The SMILES string of the molecule is CS(=O)(=O)NC(=O)C1(c2ccc3c(c2)OCCO3)CCCC1. The number of hydrogen-bond acceptors (Lipinski definition) is 5. The number of carbonyl (C=O) groups is 1. The quantitative estimate of drug-likeness (QED) is 0.907. The molecule has 0 radical (unpaired) electrons. The monoisotopic (exact) mass is 325 g/mol. The van der Waals surface area contributed by atoms with E-state index in [1.54, 1.807) is 6.07 Å². The molecule has 1 aromatic carbocycles. The van der Waals surface area contributed by atoms with Crippen molar-refractivity contribution in [3.05, 3.63) is 23.8 Å². The second kappa shape index (κ2) is 5.46. The van der Waals surface area contributed by atoms with Gasteiger partial charge in [0.25, 0.3) is 0 Å². The normalized spacial score (nSPS) is 19.7. The first-order valence-corrected chi connectivity index (χ1v) is 9.22. The number of fused-ring (bicyclic) bond motifs is 1. The average Bonchev–Trinajstić information content (AvgIpc) is 2.96. The molecule has 1 heterocycles. The molecule has 0 spiro atoms. The van der Waals surface area contributed by atoms with Crippen LogP contribution in [0.3, 0.4) is 0 Å². The Kier molecular flexibility index (Phi) is 3.76. The fourth-order valence-corrected chi connectivity index (χ4v) is 3.76. The molecule has 0 aromatic heterocycles. The van der Waals surface area contributed by atoms with Gasteiger partial charge in [0, 0.05) is 0 Å². The first-order valence-electron chi connectivity index (χ1n) is 7.33. The molecule has 120 valence electrons. The minimum atomic E-state index is -3.58. The van der Waals surface area contributed by atoms with Gasteiger partial charge >= 0.3 is 0 Å². The largest absolute Gasteiger partial charge is 0.486 e. The number of carbonyl (C=O) groups excluding carboxylic acids is 1. The minimum Gasteiger partial charge on any atom is -0.486 e. The van der Waals surface area contributed by atoms with Crippen molar-refractivity contribution in [2.75, 3.05) is 19.5 Å². The van der Waals surface area contributed by atoms with Crippen LogP contribution < -0.4 is 14.2 Å². The van der Waals surface area contributed by atoms with Crippen molar-refractivity contribution in [1.29, 1.82) is 0 Å². The van der Waals surface area contributed by atoms with Crippen LogP contribution in [0.2, 0.25) is 0 Å². The number of benzene rings is 1. The summed E-state index contributed by atoms with van der Waals surface area (Å²) in [5.74, 6) is 0.818. The number of rotatable bonds is 3. The van der Waals surface area contributed by atoms with E-state index < -0.39 is 21.3 Å². The molecule has 2 aliphatic rings. The van der Waals surface area contributed by atoms with E-state index in [0.717, 1.165) is 24.7 Å². The molecular weight excluding hydrogens is 306 g/mol. The van der Waals surface area contributed by atoms with E-state index >= 15 is 0 Å². The molecule has 1 N–H and O–H groups in total. The zero-order valence-electron chi connectivity index (χ0n) is 12.4. The van der Waals surface area contributed by atoms with Gasteiger partial charge in [-0.15, -0.1) is 0 Å². The van der Waals surface area contributed by atoms with Crippen LogP contribution in [0.25, 0.3) is 0 Å². The zero-order valence-corrected chi connectivity index (χ0v) is 13.2. The fraction of sp³-hybridized carbons (Fsp3) is 0.533. The molecule has 1 amide bonds. The molecule has 3 rings (SSSR count). The van der Waals surface area contributed by atoms with Gasteiger partial charge < -0.3 is 9.47 Å². The minimum absolute atomic E-state index is 0.454. The molecule has 1 saturated carbocycles. The molecule has 6 nitrogen and oxygen atoms in total. The highest BCUT2D eigenvalue weighted by molar-refractivity contribution is 7.89. The van der Waals surface area contributed by atoms with Gasteiger partial charge in [0.15, 0.2) is 11.5 Å². The second-order valence-electron chi connectivity index (χ2n) is 5.85. The third-order valence-corrected chi connectivity index (χ3v) is 4.82. The Morgan fingerprint density at radius 2 is 1.77 bits per heavy atom. The number of hydrogen-bond donors (Lipinski definition) is 1. The zero-order chi connectivity index (χ0) is 15.8. The first-order chi connectivity index (χ1) is 10.4. The highest BCUT2D eigenvalue weighted by atomic mass is 32.2. The van der Waals surface area contributed by atoms with Gasteiger partial charge in [-0.1, -0.05) is 18.9 Å². The van der Waals surface area contributed by atoms with E-state index in [4.69, 9.17) is 9.47 Å². The maximum atomic E-state index is 12.6. The first kappa shape index (κ1) is 15.1. The third-order valence-electron chi connectivity index (χ3n) is 4.26. The van der Waals surface area contributed by atoms with Gasteiger partial charge in [-0.25, -0.2) is 8.42 Å². The summed E-state index contributed by atoms with van der Waals surface area (Å²) in [6, 6.07) is 5.43. The highest BCUT2D eigenvalue weighted by Gasteiger charge is 2.44. The number of ether oxygens (including phenoxy) is 2. The second-order valence-corrected chi connectivity index (χ2v) is 7.60. The number of sulfonamides is 1. The molecule has 0 bridgehead atoms. The van der Waals surface area contributed by atoms with Crippen LogP contribution in [0.5, 0.6) is 11.5 Å². The summed E-state index contributed by atoms with van der Waals surface area (Å²) < 4.78 is 36.1. The molecule has 1 aromatic rings. The van der Waals surface area contributed by atoms with Gasteiger partial charge in [-0.2, -0.15) is 0 Å². The van der Waals surface area contributed by atoms with E-state index in [1.165, 1.54) is 0 Å². The number of amides is 1. The molecule has 0 atom stereocenters. The lowest BCUT2D eigenvalue weighted by molar-refractivity contribution is -0.124. The molecule has 1 aliphatic heterocycles. The van der Waals surface area contributed by atoms with E-state index in [1.807, 2.05) is 12.1 Å². The van der Waals surface area contributed by atoms with Crippen LogP contribution in [0.15, 0.2) is 18.2 Å². The summed E-state index contributed by atoms with van der Waals surface area (Å²) in [5.41, 5.74) is -0.0192. The summed E-state index contributed by atoms with van der Waals surface area (Å²) in [6.07, 6.45) is 4.05. The van der Waals surface area contributed by atoms with E-state index in [2.05, 4.69) is 4.72 Å². The van der Waals surface area contributed by atoms with Crippen LogP contribution in [0.4, 0.5) is 0 Å². The fourth-order valence-electron chi connectivity index (χ4n) is 3.23. The van der Waals surface area contributed by atoms with E-state index in [9.17, 15) is 13.2 Å². The molecule has 0 saturated heterocycles. The summed E-state index contributed by atoms with van der Waals surface area (Å²) in [4.78, 5) is 12.6. The van der Waals surface area contributed by atoms with Crippen LogP contribution in [-0.2, 0) is 20.2 Å². The Hall–Kier alpha value is -1.76. The van der Waals surface area contributed by atoms with Crippen LogP contribution in [0, 0.1) is 0 Å². The lowest BCUT2D eigenvalue weighted by Gasteiger charge is -2.29.